The first-order valence-electron chi connectivity index (χ1n) is 6.65. The number of alkyl halides is 1. The third kappa shape index (κ3) is 10.6. The molecule has 0 amide bonds. The molecule has 0 aliphatic heterocycles. The number of nitrogens with one attached hydrogen (secondary N) is 1. The molecule has 17 heavy (non-hydrogen) atoms. The number of methoxy groups -OCH3 is 1. The molecule has 0 aromatic carbocycles. The third-order valence-corrected chi connectivity index (χ3v) is 3.07. The molecule has 1 N–H and O–H groups in total. The Hall–Kier alpha value is -0.280. The van der Waals surface area contributed by atoms with E-state index in [0.29, 0.717) is 6.54 Å². The van der Waals surface area contributed by atoms with Gasteiger partial charge in [-0.05, 0) is 13.0 Å². The van der Waals surface area contributed by atoms with Crippen LogP contribution < -0.4 is 5.32 Å². The zero-order chi connectivity index (χ0) is 12.9. The molecule has 0 aromatic rings. The number of carbonyl (C=O) groups excluding carboxylic acids is 1. The first-order chi connectivity index (χ1) is 8.22. The number of esters is 1. The van der Waals surface area contributed by atoms with Crippen LogP contribution in [-0.4, -0.2) is 31.5 Å². The summed E-state index contributed by atoms with van der Waals surface area (Å²) < 4.78 is 4.53. The monoisotopic (exact) mass is 263 g/mol. The van der Waals surface area contributed by atoms with Gasteiger partial charge in [-0.1, -0.05) is 45.4 Å². The Bertz CT molecular complexity index is 188. The standard InChI is InChI=1S/C13H26ClNO2/c1-3-4-5-6-7-8-9-10-15-11-12(14)13(16)17-2/h12,15H,3-11H2,1-2H3. The SMILES string of the molecule is CCCCCCCCCNCC(Cl)C(=O)OC. The van der Waals surface area contributed by atoms with Crippen LogP contribution in [0.25, 0.3) is 0 Å². The van der Waals surface area contributed by atoms with Crippen molar-refractivity contribution in [3.63, 3.8) is 0 Å². The van der Waals surface area contributed by atoms with Crippen molar-refractivity contribution in [3.8, 4) is 0 Å². The van der Waals surface area contributed by atoms with E-state index in [9.17, 15) is 4.79 Å². The number of halogens is 1. The maximum Gasteiger partial charge on any atom is 0.325 e. The largest absolute Gasteiger partial charge is 0.468 e. The van der Waals surface area contributed by atoms with E-state index in [0.717, 1.165) is 13.0 Å². The molecule has 1 atom stereocenters. The van der Waals surface area contributed by atoms with Crippen molar-refractivity contribution in [2.75, 3.05) is 20.2 Å². The summed E-state index contributed by atoms with van der Waals surface area (Å²) in [5, 5.41) is 2.60. The second-order valence-electron chi connectivity index (χ2n) is 4.32. The van der Waals surface area contributed by atoms with Crippen LogP contribution in [0.1, 0.15) is 51.9 Å². The van der Waals surface area contributed by atoms with E-state index in [-0.39, 0.29) is 5.97 Å². The molecule has 0 rings (SSSR count). The predicted octanol–water partition coefficient (Wildman–Crippen LogP) is 3.11. The van der Waals surface area contributed by atoms with Crippen molar-refractivity contribution < 1.29 is 9.53 Å². The van der Waals surface area contributed by atoms with Gasteiger partial charge in [-0.2, -0.15) is 0 Å². The van der Waals surface area contributed by atoms with Gasteiger partial charge >= 0.3 is 5.97 Å². The first kappa shape index (κ1) is 16.7. The van der Waals surface area contributed by atoms with Gasteiger partial charge < -0.3 is 10.1 Å². The number of unbranched alkanes of at least 4 members (excludes halogenated alkanes) is 6. The lowest BCUT2D eigenvalue weighted by molar-refractivity contribution is -0.140. The Kier molecular flexibility index (Phi) is 12.0. The quantitative estimate of drug-likeness (QED) is 0.354. The van der Waals surface area contributed by atoms with Gasteiger partial charge in [-0.15, -0.1) is 11.6 Å². The zero-order valence-electron chi connectivity index (χ0n) is 11.1. The molecule has 0 heterocycles. The molecule has 102 valence electrons. The highest BCUT2D eigenvalue weighted by Crippen LogP contribution is 2.06. The molecule has 0 fully saturated rings. The fourth-order valence-corrected chi connectivity index (χ4v) is 1.85. The van der Waals surface area contributed by atoms with E-state index < -0.39 is 5.38 Å². The van der Waals surface area contributed by atoms with Crippen LogP contribution in [0.5, 0.6) is 0 Å². The Morgan fingerprint density at radius 3 is 2.35 bits per heavy atom. The van der Waals surface area contributed by atoms with Gasteiger partial charge in [-0.3, -0.25) is 4.79 Å². The summed E-state index contributed by atoms with van der Waals surface area (Å²) in [6.07, 6.45) is 9.06. The molecule has 1 unspecified atom stereocenters. The summed E-state index contributed by atoms with van der Waals surface area (Å²) in [5.74, 6) is -0.362. The summed E-state index contributed by atoms with van der Waals surface area (Å²) in [5.41, 5.74) is 0. The Morgan fingerprint density at radius 1 is 1.18 bits per heavy atom. The van der Waals surface area contributed by atoms with Crippen molar-refractivity contribution in [1.82, 2.24) is 5.32 Å². The number of ether oxygens (including phenoxy) is 1. The van der Waals surface area contributed by atoms with Crippen LogP contribution in [0.15, 0.2) is 0 Å². The minimum Gasteiger partial charge on any atom is -0.468 e. The molecule has 0 aliphatic carbocycles. The number of carbonyl (C=O) groups is 1. The minimum absolute atomic E-state index is 0.362. The van der Waals surface area contributed by atoms with Gasteiger partial charge in [0.15, 0.2) is 0 Å². The van der Waals surface area contributed by atoms with Gasteiger partial charge in [0.1, 0.15) is 5.38 Å². The summed E-state index contributed by atoms with van der Waals surface area (Å²) in [7, 11) is 1.36. The molecule has 0 radical (unpaired) electrons. The molecule has 0 aliphatic rings. The first-order valence-corrected chi connectivity index (χ1v) is 7.08. The van der Waals surface area contributed by atoms with E-state index in [1.807, 2.05) is 0 Å². The molecule has 0 spiro atoms. The van der Waals surface area contributed by atoms with Crippen LogP contribution in [0.2, 0.25) is 0 Å². The smallest absolute Gasteiger partial charge is 0.325 e. The number of hydrogen-bond donors (Lipinski definition) is 1. The molecule has 0 saturated heterocycles. The van der Waals surface area contributed by atoms with E-state index in [1.165, 1.54) is 45.6 Å². The van der Waals surface area contributed by atoms with E-state index >= 15 is 0 Å². The summed E-state index contributed by atoms with van der Waals surface area (Å²) in [6.45, 7) is 3.64. The Labute approximate surface area is 110 Å². The minimum atomic E-state index is -0.565. The average molecular weight is 264 g/mol. The Morgan fingerprint density at radius 2 is 1.76 bits per heavy atom. The fourth-order valence-electron chi connectivity index (χ4n) is 1.65. The maximum atomic E-state index is 11.0. The lowest BCUT2D eigenvalue weighted by Crippen LogP contribution is -2.30. The molecule has 3 nitrogen and oxygen atoms in total. The molecular formula is C13H26ClNO2. The van der Waals surface area contributed by atoms with Gasteiger partial charge in [0.25, 0.3) is 0 Å². The van der Waals surface area contributed by atoms with Crippen molar-refractivity contribution >= 4 is 17.6 Å². The van der Waals surface area contributed by atoms with Crippen LogP contribution in [0, 0.1) is 0 Å². The van der Waals surface area contributed by atoms with Crippen molar-refractivity contribution in [3.05, 3.63) is 0 Å². The van der Waals surface area contributed by atoms with Crippen LogP contribution in [0.3, 0.4) is 0 Å². The zero-order valence-corrected chi connectivity index (χ0v) is 11.9. The molecular weight excluding hydrogens is 238 g/mol. The van der Waals surface area contributed by atoms with Crippen molar-refractivity contribution in [1.29, 1.82) is 0 Å². The molecule has 0 saturated carbocycles. The van der Waals surface area contributed by atoms with E-state index in [4.69, 9.17) is 11.6 Å². The van der Waals surface area contributed by atoms with Gasteiger partial charge in [0.05, 0.1) is 7.11 Å². The summed E-state index contributed by atoms with van der Waals surface area (Å²) in [4.78, 5) is 11.0. The highest BCUT2D eigenvalue weighted by Gasteiger charge is 2.14. The highest BCUT2D eigenvalue weighted by atomic mass is 35.5. The van der Waals surface area contributed by atoms with E-state index in [2.05, 4.69) is 17.0 Å². The van der Waals surface area contributed by atoms with Gasteiger partial charge in [-0.25, -0.2) is 0 Å². The van der Waals surface area contributed by atoms with Crippen LogP contribution in [0.4, 0.5) is 0 Å². The topological polar surface area (TPSA) is 38.3 Å². The van der Waals surface area contributed by atoms with Crippen molar-refractivity contribution in [2.24, 2.45) is 0 Å². The second-order valence-corrected chi connectivity index (χ2v) is 4.84. The van der Waals surface area contributed by atoms with E-state index in [1.54, 1.807) is 0 Å². The van der Waals surface area contributed by atoms with Crippen LogP contribution >= 0.6 is 11.6 Å². The number of rotatable bonds is 11. The summed E-state index contributed by atoms with van der Waals surface area (Å²) >= 11 is 5.79. The molecule has 4 heteroatoms. The third-order valence-electron chi connectivity index (χ3n) is 2.74. The highest BCUT2D eigenvalue weighted by molar-refractivity contribution is 6.30. The fraction of sp³-hybridized carbons (Fsp3) is 0.923. The van der Waals surface area contributed by atoms with Crippen LogP contribution in [-0.2, 0) is 9.53 Å². The lowest BCUT2D eigenvalue weighted by atomic mass is 10.1. The van der Waals surface area contributed by atoms with Gasteiger partial charge in [0.2, 0.25) is 0 Å². The molecule has 0 bridgehead atoms. The lowest BCUT2D eigenvalue weighted by Gasteiger charge is -2.08. The average Bonchev–Trinajstić information content (AvgIpc) is 2.35. The molecule has 0 aromatic heterocycles. The van der Waals surface area contributed by atoms with Gasteiger partial charge in [0, 0.05) is 6.54 Å². The Balaban J connectivity index is 3.15. The second kappa shape index (κ2) is 12.2. The normalized spacial score (nSPS) is 12.4. The summed E-state index contributed by atoms with van der Waals surface area (Å²) in [6, 6.07) is 0. The maximum absolute atomic E-state index is 11.0. The predicted molar refractivity (Wildman–Crippen MR) is 72.5 cm³/mol. The number of hydrogen-bond acceptors (Lipinski definition) is 3. The van der Waals surface area contributed by atoms with Crippen molar-refractivity contribution in [2.45, 2.75) is 57.2 Å².